The van der Waals surface area contributed by atoms with E-state index >= 15 is 0 Å². The van der Waals surface area contributed by atoms with Gasteiger partial charge in [0, 0.05) is 13.2 Å². The minimum Gasteiger partial charge on any atom is -0.426 e. The highest BCUT2D eigenvalue weighted by Gasteiger charge is 2.15. The summed E-state index contributed by atoms with van der Waals surface area (Å²) in [5.74, 6) is 0.529. The summed E-state index contributed by atoms with van der Waals surface area (Å²) in [6.45, 7) is 3.89. The van der Waals surface area contributed by atoms with Gasteiger partial charge in [-0.1, -0.05) is 6.07 Å². The zero-order chi connectivity index (χ0) is 12.9. The molecule has 0 fully saturated rings. The van der Waals surface area contributed by atoms with Crippen LogP contribution in [-0.4, -0.2) is 24.7 Å². The summed E-state index contributed by atoms with van der Waals surface area (Å²) >= 11 is 0. The van der Waals surface area contributed by atoms with Gasteiger partial charge in [-0.3, -0.25) is 4.68 Å². The topological polar surface area (TPSA) is 55.9 Å². The molecular weight excluding hydrogens is 228 g/mol. The van der Waals surface area contributed by atoms with Crippen molar-refractivity contribution in [3.05, 3.63) is 35.7 Å². The number of hydrogen-bond donors (Lipinski definition) is 1. The molecule has 0 saturated carbocycles. The van der Waals surface area contributed by atoms with Crippen molar-refractivity contribution in [1.82, 2.24) is 19.5 Å². The summed E-state index contributed by atoms with van der Waals surface area (Å²) in [6.07, 6.45) is 1.86. The van der Waals surface area contributed by atoms with Crippen molar-refractivity contribution in [3.63, 3.8) is 0 Å². The Hall–Kier alpha value is -2.30. The fourth-order valence-electron chi connectivity index (χ4n) is 2.17. The molecule has 1 aromatic carbocycles. The van der Waals surface area contributed by atoms with Crippen LogP contribution in [0.15, 0.2) is 24.4 Å². The van der Waals surface area contributed by atoms with Gasteiger partial charge in [0.05, 0.1) is 16.8 Å². The van der Waals surface area contributed by atoms with Gasteiger partial charge in [-0.2, -0.15) is 9.83 Å². The Bertz CT molecular complexity index is 739. The van der Waals surface area contributed by atoms with E-state index in [0.717, 1.165) is 27.1 Å². The highest BCUT2D eigenvalue weighted by Crippen LogP contribution is 2.25. The monoisotopic (exact) mass is 242 g/mol. The van der Waals surface area contributed by atoms with Crippen molar-refractivity contribution in [2.75, 3.05) is 0 Å². The molecule has 0 amide bonds. The molecule has 92 valence electrons. The minimum absolute atomic E-state index is 0.529. The third kappa shape index (κ3) is 1.48. The van der Waals surface area contributed by atoms with Gasteiger partial charge in [-0.05, 0) is 31.5 Å². The van der Waals surface area contributed by atoms with Crippen LogP contribution in [0.3, 0.4) is 0 Å². The Morgan fingerprint density at radius 3 is 2.67 bits per heavy atom. The predicted molar refractivity (Wildman–Crippen MR) is 68.6 cm³/mol. The van der Waals surface area contributed by atoms with Crippen LogP contribution in [0.1, 0.15) is 11.3 Å². The van der Waals surface area contributed by atoms with Crippen LogP contribution in [0.2, 0.25) is 0 Å². The fourth-order valence-corrected chi connectivity index (χ4v) is 2.17. The van der Waals surface area contributed by atoms with E-state index in [-0.39, 0.29) is 0 Å². The Morgan fingerprint density at radius 2 is 2.00 bits per heavy atom. The van der Waals surface area contributed by atoms with Crippen LogP contribution >= 0.6 is 0 Å². The molecule has 1 N–H and O–H groups in total. The van der Waals surface area contributed by atoms with E-state index in [9.17, 15) is 5.21 Å². The average molecular weight is 242 g/mol. The maximum Gasteiger partial charge on any atom is 0.180 e. The Morgan fingerprint density at radius 1 is 1.22 bits per heavy atom. The molecule has 0 saturated heterocycles. The number of nitrogens with zero attached hydrogens (tertiary/aromatic N) is 4. The lowest BCUT2D eigenvalue weighted by atomic mass is 10.2. The van der Waals surface area contributed by atoms with Crippen LogP contribution in [0.4, 0.5) is 0 Å². The fraction of sp³-hybridized carbons (Fsp3) is 0.231. The maximum absolute atomic E-state index is 10.2. The molecule has 18 heavy (non-hydrogen) atoms. The van der Waals surface area contributed by atoms with E-state index in [1.54, 1.807) is 4.68 Å². The number of aryl methyl sites for hydroxylation is 3. The van der Waals surface area contributed by atoms with E-state index in [4.69, 9.17) is 0 Å². The Labute approximate surface area is 104 Å². The number of aromatic nitrogens is 4. The molecule has 2 heterocycles. The standard InChI is InChI=1S/C13H14N4O/c1-8-4-5-11-12(6-8)17(18)13(14-11)10-7-16(3)15-9(10)2/h4-7,18H,1-3H3. The molecular formula is C13H14N4O. The number of imidazole rings is 1. The van der Waals surface area contributed by atoms with Gasteiger partial charge < -0.3 is 5.21 Å². The number of benzene rings is 1. The first-order valence-electron chi connectivity index (χ1n) is 5.75. The molecule has 3 rings (SSSR count). The summed E-state index contributed by atoms with van der Waals surface area (Å²) in [4.78, 5) is 4.46. The third-order valence-electron chi connectivity index (χ3n) is 3.04. The van der Waals surface area contributed by atoms with Crippen molar-refractivity contribution in [3.8, 4) is 11.4 Å². The third-order valence-corrected chi connectivity index (χ3v) is 3.04. The van der Waals surface area contributed by atoms with Crippen molar-refractivity contribution in [2.24, 2.45) is 7.05 Å². The molecule has 2 aromatic heterocycles. The predicted octanol–water partition coefficient (Wildman–Crippen LogP) is 2.29. The van der Waals surface area contributed by atoms with Crippen molar-refractivity contribution >= 4 is 11.0 Å². The van der Waals surface area contributed by atoms with Gasteiger partial charge in [0.1, 0.15) is 5.52 Å². The summed E-state index contributed by atoms with van der Waals surface area (Å²) in [7, 11) is 1.85. The first-order valence-corrected chi connectivity index (χ1v) is 5.75. The van der Waals surface area contributed by atoms with Gasteiger partial charge in [-0.25, -0.2) is 4.98 Å². The number of hydrogen-bond acceptors (Lipinski definition) is 3. The lowest BCUT2D eigenvalue weighted by Crippen LogP contribution is -1.94. The van der Waals surface area contributed by atoms with E-state index < -0.39 is 0 Å². The second-order valence-electron chi connectivity index (χ2n) is 4.54. The van der Waals surface area contributed by atoms with Crippen LogP contribution < -0.4 is 0 Å². The van der Waals surface area contributed by atoms with Gasteiger partial charge in [0.25, 0.3) is 0 Å². The van der Waals surface area contributed by atoms with Gasteiger partial charge >= 0.3 is 0 Å². The Balaban J connectivity index is 2.30. The van der Waals surface area contributed by atoms with Gasteiger partial charge in [0.2, 0.25) is 0 Å². The first kappa shape index (κ1) is 10.8. The van der Waals surface area contributed by atoms with E-state index in [0.29, 0.717) is 11.3 Å². The molecule has 0 bridgehead atoms. The molecule has 0 atom stereocenters. The van der Waals surface area contributed by atoms with Gasteiger partial charge in [-0.15, -0.1) is 0 Å². The molecule has 5 nitrogen and oxygen atoms in total. The highest BCUT2D eigenvalue weighted by atomic mass is 16.5. The normalized spacial score (nSPS) is 11.3. The van der Waals surface area contributed by atoms with Crippen LogP contribution in [0, 0.1) is 13.8 Å². The van der Waals surface area contributed by atoms with Crippen LogP contribution in [-0.2, 0) is 7.05 Å². The van der Waals surface area contributed by atoms with Crippen molar-refractivity contribution < 1.29 is 5.21 Å². The molecule has 3 aromatic rings. The molecule has 0 aliphatic rings. The summed E-state index contributed by atoms with van der Waals surface area (Å²) in [5.41, 5.74) is 4.27. The van der Waals surface area contributed by atoms with Crippen molar-refractivity contribution in [1.29, 1.82) is 0 Å². The quantitative estimate of drug-likeness (QED) is 0.666. The molecule has 5 heteroatoms. The Kier molecular flexibility index (Phi) is 2.16. The van der Waals surface area contributed by atoms with Gasteiger partial charge in [0.15, 0.2) is 5.82 Å². The highest BCUT2D eigenvalue weighted by molar-refractivity contribution is 5.81. The van der Waals surface area contributed by atoms with Crippen molar-refractivity contribution in [2.45, 2.75) is 13.8 Å². The molecule has 0 aliphatic carbocycles. The van der Waals surface area contributed by atoms with E-state index in [1.807, 2.05) is 45.3 Å². The summed E-state index contributed by atoms with van der Waals surface area (Å²) in [6, 6.07) is 5.80. The maximum atomic E-state index is 10.2. The summed E-state index contributed by atoms with van der Waals surface area (Å²) in [5, 5.41) is 14.5. The lowest BCUT2D eigenvalue weighted by molar-refractivity contribution is 0.203. The number of rotatable bonds is 1. The smallest absolute Gasteiger partial charge is 0.180 e. The SMILES string of the molecule is Cc1ccc2nc(-c3cn(C)nc3C)n(O)c2c1. The second-order valence-corrected chi connectivity index (χ2v) is 4.54. The first-order chi connectivity index (χ1) is 8.56. The molecule has 0 spiro atoms. The van der Waals surface area contributed by atoms with Crippen LogP contribution in [0.25, 0.3) is 22.4 Å². The summed E-state index contributed by atoms with van der Waals surface area (Å²) < 4.78 is 2.85. The lowest BCUT2D eigenvalue weighted by Gasteiger charge is -1.99. The van der Waals surface area contributed by atoms with Crippen LogP contribution in [0.5, 0.6) is 0 Å². The molecule has 0 unspecified atom stereocenters. The zero-order valence-electron chi connectivity index (χ0n) is 10.5. The van der Waals surface area contributed by atoms with E-state index in [1.165, 1.54) is 0 Å². The number of fused-ring (bicyclic) bond motifs is 1. The molecule has 0 aliphatic heterocycles. The van der Waals surface area contributed by atoms with E-state index in [2.05, 4.69) is 10.1 Å². The second kappa shape index (κ2) is 3.60. The average Bonchev–Trinajstić information content (AvgIpc) is 2.80. The zero-order valence-corrected chi connectivity index (χ0v) is 10.5. The molecule has 0 radical (unpaired) electrons. The largest absolute Gasteiger partial charge is 0.426 e. The minimum atomic E-state index is 0.529.